The lowest BCUT2D eigenvalue weighted by atomic mass is 10.1. The zero-order chi connectivity index (χ0) is 21.9. The molecule has 32 heavy (non-hydrogen) atoms. The van der Waals surface area contributed by atoms with Gasteiger partial charge in [0.05, 0.1) is 18.8 Å². The number of methoxy groups -OCH3 is 1. The van der Waals surface area contributed by atoms with Crippen LogP contribution >= 0.6 is 0 Å². The molecule has 0 amide bonds. The molecule has 1 aromatic carbocycles. The lowest BCUT2D eigenvalue weighted by molar-refractivity contribution is 0.245. The van der Waals surface area contributed by atoms with Gasteiger partial charge in [-0.3, -0.25) is 4.90 Å². The number of nitrogens with zero attached hydrogens (tertiary/aromatic N) is 5. The molecule has 1 aliphatic heterocycles. The van der Waals surface area contributed by atoms with Gasteiger partial charge in [0.2, 0.25) is 5.95 Å². The summed E-state index contributed by atoms with van der Waals surface area (Å²) in [4.78, 5) is 15.9. The Morgan fingerprint density at radius 1 is 1.12 bits per heavy atom. The maximum absolute atomic E-state index is 5.49. The fourth-order valence-corrected chi connectivity index (χ4v) is 4.62. The average Bonchev–Trinajstić information content (AvgIpc) is 3.44. The molecular formula is C25H28N6O. The van der Waals surface area contributed by atoms with E-state index in [0.29, 0.717) is 12.0 Å². The molecule has 0 bridgehead atoms. The first-order chi connectivity index (χ1) is 15.7. The summed E-state index contributed by atoms with van der Waals surface area (Å²) in [7, 11) is 1.72. The van der Waals surface area contributed by atoms with Crippen molar-refractivity contribution >= 4 is 22.7 Å². The SMILES string of the molecule is CCn1cc(CN2CCCC2c2cccc(Nc3ncccn3)n2)c2cc(OC)ccc21. The lowest BCUT2D eigenvalue weighted by Crippen LogP contribution is -2.23. The van der Waals surface area contributed by atoms with Gasteiger partial charge in [0.1, 0.15) is 11.6 Å². The largest absolute Gasteiger partial charge is 0.497 e. The number of likely N-dealkylation sites (tertiary alicyclic amines) is 1. The number of anilines is 2. The molecule has 1 saturated heterocycles. The molecule has 5 rings (SSSR count). The molecule has 1 aliphatic rings. The van der Waals surface area contributed by atoms with Crippen LogP contribution in [0.5, 0.6) is 5.75 Å². The Labute approximate surface area is 188 Å². The van der Waals surface area contributed by atoms with E-state index in [2.05, 4.69) is 62.1 Å². The van der Waals surface area contributed by atoms with Gasteiger partial charge in [-0.2, -0.15) is 0 Å². The molecule has 0 saturated carbocycles. The Morgan fingerprint density at radius 3 is 2.81 bits per heavy atom. The predicted molar refractivity (Wildman–Crippen MR) is 126 cm³/mol. The third-order valence-electron chi connectivity index (χ3n) is 6.17. The number of aromatic nitrogens is 4. The molecule has 7 nitrogen and oxygen atoms in total. The first-order valence-corrected chi connectivity index (χ1v) is 11.2. The van der Waals surface area contributed by atoms with E-state index < -0.39 is 0 Å². The first-order valence-electron chi connectivity index (χ1n) is 11.2. The highest BCUT2D eigenvalue weighted by molar-refractivity contribution is 5.85. The van der Waals surface area contributed by atoms with Crippen LogP contribution in [0.25, 0.3) is 10.9 Å². The molecule has 3 aromatic heterocycles. The van der Waals surface area contributed by atoms with Crippen molar-refractivity contribution in [2.75, 3.05) is 19.0 Å². The van der Waals surface area contributed by atoms with Gasteiger partial charge < -0.3 is 14.6 Å². The van der Waals surface area contributed by atoms with Gasteiger partial charge in [-0.1, -0.05) is 6.07 Å². The molecular weight excluding hydrogens is 400 g/mol. The van der Waals surface area contributed by atoms with Crippen molar-refractivity contribution < 1.29 is 4.74 Å². The van der Waals surface area contributed by atoms with Gasteiger partial charge in [-0.05, 0) is 68.3 Å². The van der Waals surface area contributed by atoms with E-state index in [0.717, 1.165) is 43.3 Å². The standard InChI is InChI=1S/C25H28N6O/c1-3-30-16-18(20-15-19(32-2)10-11-22(20)30)17-31-14-5-8-23(31)21-7-4-9-24(28-21)29-25-26-12-6-13-27-25/h4,6-7,9-13,15-16,23H,3,5,8,14,17H2,1-2H3,(H,26,27,28,29). The van der Waals surface area contributed by atoms with Crippen LogP contribution < -0.4 is 10.1 Å². The van der Waals surface area contributed by atoms with E-state index in [1.165, 1.54) is 22.9 Å². The smallest absolute Gasteiger partial charge is 0.228 e. The van der Waals surface area contributed by atoms with E-state index in [-0.39, 0.29) is 0 Å². The van der Waals surface area contributed by atoms with Crippen molar-refractivity contribution in [3.8, 4) is 5.75 Å². The lowest BCUT2D eigenvalue weighted by Gasteiger charge is -2.24. The Morgan fingerprint density at radius 2 is 2.00 bits per heavy atom. The number of rotatable bonds is 7. The Hall–Kier alpha value is -3.45. The maximum Gasteiger partial charge on any atom is 0.228 e. The second-order valence-corrected chi connectivity index (χ2v) is 8.10. The van der Waals surface area contributed by atoms with E-state index >= 15 is 0 Å². The minimum atomic E-state index is 0.291. The van der Waals surface area contributed by atoms with E-state index in [1.54, 1.807) is 25.6 Å². The molecule has 1 atom stereocenters. The van der Waals surface area contributed by atoms with Gasteiger partial charge in [0.15, 0.2) is 0 Å². The molecule has 0 aliphatic carbocycles. The van der Waals surface area contributed by atoms with Crippen molar-refractivity contribution in [1.29, 1.82) is 0 Å². The second kappa shape index (κ2) is 8.96. The molecule has 4 heterocycles. The van der Waals surface area contributed by atoms with Gasteiger partial charge in [-0.25, -0.2) is 15.0 Å². The van der Waals surface area contributed by atoms with E-state index in [1.807, 2.05) is 12.1 Å². The van der Waals surface area contributed by atoms with Crippen LogP contribution in [0.4, 0.5) is 11.8 Å². The number of benzene rings is 1. The number of hydrogen-bond acceptors (Lipinski definition) is 6. The maximum atomic E-state index is 5.49. The quantitative estimate of drug-likeness (QED) is 0.450. The highest BCUT2D eigenvalue weighted by Gasteiger charge is 2.28. The second-order valence-electron chi connectivity index (χ2n) is 8.10. The van der Waals surface area contributed by atoms with Crippen molar-refractivity contribution in [3.05, 3.63) is 72.3 Å². The van der Waals surface area contributed by atoms with Crippen molar-refractivity contribution in [2.45, 2.75) is 38.9 Å². The molecule has 0 radical (unpaired) electrons. The van der Waals surface area contributed by atoms with Crippen molar-refractivity contribution in [1.82, 2.24) is 24.4 Å². The number of aryl methyl sites for hydroxylation is 1. The van der Waals surface area contributed by atoms with Gasteiger partial charge in [0, 0.05) is 42.6 Å². The van der Waals surface area contributed by atoms with E-state index in [9.17, 15) is 0 Å². The Bertz CT molecular complexity index is 1210. The van der Waals surface area contributed by atoms with Crippen LogP contribution in [0.15, 0.2) is 61.1 Å². The summed E-state index contributed by atoms with van der Waals surface area (Å²) in [5.41, 5.74) is 3.67. The van der Waals surface area contributed by atoms with Crippen LogP contribution in [0.3, 0.4) is 0 Å². The van der Waals surface area contributed by atoms with Crippen LogP contribution in [-0.4, -0.2) is 38.1 Å². The zero-order valence-electron chi connectivity index (χ0n) is 18.5. The summed E-state index contributed by atoms with van der Waals surface area (Å²) in [6.07, 6.45) is 8.01. The topological polar surface area (TPSA) is 68.1 Å². The van der Waals surface area contributed by atoms with Crippen LogP contribution in [0, 0.1) is 0 Å². The highest BCUT2D eigenvalue weighted by Crippen LogP contribution is 2.35. The number of hydrogen-bond donors (Lipinski definition) is 1. The molecule has 1 unspecified atom stereocenters. The van der Waals surface area contributed by atoms with E-state index in [4.69, 9.17) is 9.72 Å². The number of ether oxygens (including phenoxy) is 1. The zero-order valence-corrected chi connectivity index (χ0v) is 18.5. The number of fused-ring (bicyclic) bond motifs is 1. The average molecular weight is 429 g/mol. The Balaban J connectivity index is 1.41. The minimum absolute atomic E-state index is 0.291. The molecule has 7 heteroatoms. The number of nitrogens with one attached hydrogen (secondary N) is 1. The monoisotopic (exact) mass is 428 g/mol. The van der Waals surface area contributed by atoms with Gasteiger partial charge >= 0.3 is 0 Å². The highest BCUT2D eigenvalue weighted by atomic mass is 16.5. The molecule has 164 valence electrons. The predicted octanol–water partition coefficient (Wildman–Crippen LogP) is 4.94. The molecule has 1 fully saturated rings. The van der Waals surface area contributed by atoms with Gasteiger partial charge in [0.25, 0.3) is 0 Å². The summed E-state index contributed by atoms with van der Waals surface area (Å²) in [6.45, 7) is 5.09. The first kappa shape index (κ1) is 20.5. The summed E-state index contributed by atoms with van der Waals surface area (Å²) in [5.74, 6) is 2.23. The van der Waals surface area contributed by atoms with Crippen LogP contribution in [-0.2, 0) is 13.1 Å². The van der Waals surface area contributed by atoms with Crippen molar-refractivity contribution in [3.63, 3.8) is 0 Å². The van der Waals surface area contributed by atoms with Crippen molar-refractivity contribution in [2.24, 2.45) is 0 Å². The normalized spacial score (nSPS) is 16.5. The summed E-state index contributed by atoms with van der Waals surface area (Å²) < 4.78 is 7.81. The molecule has 4 aromatic rings. The van der Waals surface area contributed by atoms with Crippen LogP contribution in [0.2, 0.25) is 0 Å². The molecule has 0 spiro atoms. The summed E-state index contributed by atoms with van der Waals surface area (Å²) >= 11 is 0. The Kier molecular flexibility index (Phi) is 5.73. The minimum Gasteiger partial charge on any atom is -0.497 e. The van der Waals surface area contributed by atoms with Gasteiger partial charge in [-0.15, -0.1) is 0 Å². The summed E-state index contributed by atoms with van der Waals surface area (Å²) in [5, 5.41) is 4.48. The fraction of sp³-hybridized carbons (Fsp3) is 0.320. The fourth-order valence-electron chi connectivity index (χ4n) is 4.62. The molecule has 1 N–H and O–H groups in total. The third kappa shape index (κ3) is 4.03. The third-order valence-corrected chi connectivity index (χ3v) is 6.17. The number of pyridine rings is 1. The van der Waals surface area contributed by atoms with Crippen LogP contribution in [0.1, 0.15) is 37.1 Å². The summed E-state index contributed by atoms with van der Waals surface area (Å²) in [6, 6.07) is 14.6.